The van der Waals surface area contributed by atoms with Gasteiger partial charge in [0.05, 0.1) is 18.7 Å². The molecule has 0 spiro atoms. The van der Waals surface area contributed by atoms with Crippen LogP contribution < -0.4 is 32.3 Å². The van der Waals surface area contributed by atoms with Crippen LogP contribution in [0.2, 0.25) is 0 Å². The van der Waals surface area contributed by atoms with Crippen molar-refractivity contribution in [3.8, 4) is 0 Å². The van der Waals surface area contributed by atoms with E-state index >= 15 is 0 Å². The number of carbonyl (C=O) groups is 6. The third-order valence-electron chi connectivity index (χ3n) is 10.1. The molecule has 3 aromatic rings. The molecule has 15 heteroatoms. The van der Waals surface area contributed by atoms with Crippen molar-refractivity contribution in [3.63, 3.8) is 0 Å². The summed E-state index contributed by atoms with van der Waals surface area (Å²) in [5.41, 5.74) is 8.06. The number of nitrogens with zero attached hydrogens (tertiary/aromatic N) is 1. The predicted octanol–water partition coefficient (Wildman–Crippen LogP) is -0.0461. The molecule has 2 saturated heterocycles. The van der Waals surface area contributed by atoms with Crippen LogP contribution in [0.25, 0.3) is 10.9 Å². The second kappa shape index (κ2) is 18.8. The number of nitrogens with two attached hydrogens (primary N) is 1. The number of rotatable bonds is 9. The lowest BCUT2D eigenvalue weighted by Gasteiger charge is -2.29. The van der Waals surface area contributed by atoms with Crippen LogP contribution in [0.5, 0.6) is 0 Å². The fraction of sp³-hybridized carbons (Fsp3) is 0.487. The highest BCUT2D eigenvalue weighted by Gasteiger charge is 2.39. The summed E-state index contributed by atoms with van der Waals surface area (Å²) < 4.78 is 0. The number of para-hydroxylation sites is 1. The highest BCUT2D eigenvalue weighted by Crippen LogP contribution is 2.21. The number of aromatic amines is 1. The number of aliphatic hydroxyl groups excluding tert-OH is 1. The maximum atomic E-state index is 14.3. The van der Waals surface area contributed by atoms with Crippen molar-refractivity contribution in [1.82, 2.24) is 36.5 Å². The SMILES string of the molecule is C[C@@H]1NCC(=O)[C@@H]([C@H](C)O)NC(=O)[C@H](CCCCN)NC(=O)[C@@H](Cc2c[nH]c3ccccc23)NC(=O)[C@H](Cc2ccccc2)NC(=O)[C@H]2CCCN2C1=O. The summed E-state index contributed by atoms with van der Waals surface area (Å²) in [5, 5.41) is 25.4. The number of aliphatic hydroxyl groups is 1. The van der Waals surface area contributed by atoms with E-state index in [2.05, 4.69) is 31.6 Å². The molecule has 54 heavy (non-hydrogen) atoms. The van der Waals surface area contributed by atoms with Crippen molar-refractivity contribution < 1.29 is 33.9 Å². The van der Waals surface area contributed by atoms with Crippen LogP contribution in [0.1, 0.15) is 57.1 Å². The molecule has 2 aromatic carbocycles. The lowest BCUT2D eigenvalue weighted by atomic mass is 10.0. The Morgan fingerprint density at radius 2 is 1.46 bits per heavy atom. The lowest BCUT2D eigenvalue weighted by Crippen LogP contribution is -2.60. The molecule has 5 rings (SSSR count). The Hall–Kier alpha value is -5.12. The molecule has 2 aliphatic rings. The van der Waals surface area contributed by atoms with Crippen LogP contribution in [0.4, 0.5) is 0 Å². The zero-order valence-corrected chi connectivity index (χ0v) is 30.8. The molecule has 2 aliphatic heterocycles. The normalized spacial score (nSPS) is 25.8. The van der Waals surface area contributed by atoms with Gasteiger partial charge in [0, 0.05) is 36.5 Å². The summed E-state index contributed by atoms with van der Waals surface area (Å²) in [6, 6.07) is 10.1. The Balaban J connectivity index is 1.53. The molecule has 1 aromatic heterocycles. The number of aromatic nitrogens is 1. The monoisotopic (exact) mass is 744 g/mol. The van der Waals surface area contributed by atoms with E-state index in [0.717, 1.165) is 22.0 Å². The third kappa shape index (κ3) is 10.1. The maximum absolute atomic E-state index is 14.3. The summed E-state index contributed by atoms with van der Waals surface area (Å²) in [6.45, 7) is 3.23. The quantitative estimate of drug-likeness (QED) is 0.137. The Morgan fingerprint density at radius 3 is 2.19 bits per heavy atom. The first-order chi connectivity index (χ1) is 26.0. The molecule has 2 fully saturated rings. The standard InChI is InChI=1S/C39H52N8O7/c1-23-39(54)47-18-10-16-32(47)38(53)45-30(19-25-11-4-3-5-12-25)36(51)44-31(20-26-21-42-28-14-7-6-13-27(26)28)37(52)43-29(15-8-9-17-40)35(50)46-34(24(2)48)33(49)22-41-23/h3-7,11-14,21,23-24,29-32,34,41-42,48H,8-10,15-20,22,40H2,1-2H3,(H,43,52)(H,44,51)(H,45,53)(H,46,50)/t23-,24-,29-,30-,31+,32+,34+/m0/s1. The van der Waals surface area contributed by atoms with E-state index in [0.29, 0.717) is 38.8 Å². The fourth-order valence-corrected chi connectivity index (χ4v) is 7.09. The minimum absolute atomic E-state index is 0.0357. The first-order valence-corrected chi connectivity index (χ1v) is 18.7. The molecule has 5 amide bonds. The molecule has 9 N–H and O–H groups in total. The van der Waals surface area contributed by atoms with E-state index in [1.54, 1.807) is 13.1 Å². The maximum Gasteiger partial charge on any atom is 0.243 e. The van der Waals surface area contributed by atoms with Gasteiger partial charge in [-0.3, -0.25) is 34.1 Å². The molecule has 0 unspecified atom stereocenters. The molecule has 0 bridgehead atoms. The van der Waals surface area contributed by atoms with Crippen LogP contribution >= 0.6 is 0 Å². The van der Waals surface area contributed by atoms with Gasteiger partial charge in [-0.15, -0.1) is 0 Å². The minimum Gasteiger partial charge on any atom is -0.391 e. The van der Waals surface area contributed by atoms with E-state index in [1.807, 2.05) is 54.6 Å². The topological polar surface area (TPSA) is 228 Å². The number of benzene rings is 2. The summed E-state index contributed by atoms with van der Waals surface area (Å²) in [4.78, 5) is 88.0. The Bertz CT molecular complexity index is 1800. The van der Waals surface area contributed by atoms with Crippen molar-refractivity contribution in [2.75, 3.05) is 19.6 Å². The van der Waals surface area contributed by atoms with E-state index in [-0.39, 0.29) is 25.8 Å². The molecule has 290 valence electrons. The van der Waals surface area contributed by atoms with E-state index in [1.165, 1.54) is 11.8 Å². The molecular formula is C39H52N8O7. The van der Waals surface area contributed by atoms with Crippen LogP contribution in [0.3, 0.4) is 0 Å². The number of amides is 5. The van der Waals surface area contributed by atoms with Crippen LogP contribution in [0, 0.1) is 0 Å². The smallest absolute Gasteiger partial charge is 0.243 e. The summed E-state index contributed by atoms with van der Waals surface area (Å²) in [5.74, 6) is -3.49. The van der Waals surface area contributed by atoms with Gasteiger partial charge in [-0.25, -0.2) is 0 Å². The lowest BCUT2D eigenvalue weighted by molar-refractivity contribution is -0.141. The van der Waals surface area contributed by atoms with Crippen LogP contribution in [0.15, 0.2) is 60.8 Å². The average Bonchev–Trinajstić information content (AvgIpc) is 3.82. The zero-order valence-electron chi connectivity index (χ0n) is 30.8. The largest absolute Gasteiger partial charge is 0.391 e. The van der Waals surface area contributed by atoms with Crippen molar-refractivity contribution in [2.24, 2.45) is 5.73 Å². The van der Waals surface area contributed by atoms with Crippen molar-refractivity contribution in [2.45, 2.75) is 101 Å². The van der Waals surface area contributed by atoms with Gasteiger partial charge in [-0.2, -0.15) is 0 Å². The minimum atomic E-state index is -1.35. The van der Waals surface area contributed by atoms with Gasteiger partial charge in [0.2, 0.25) is 29.5 Å². The Morgan fingerprint density at radius 1 is 0.815 bits per heavy atom. The number of hydrogen-bond donors (Lipinski definition) is 8. The number of unbranched alkanes of at least 4 members (excludes halogenated alkanes) is 1. The van der Waals surface area contributed by atoms with Gasteiger partial charge in [-0.1, -0.05) is 48.5 Å². The fourth-order valence-electron chi connectivity index (χ4n) is 7.09. The number of ketones is 1. The summed E-state index contributed by atoms with van der Waals surface area (Å²) in [6.07, 6.45) is 2.71. The van der Waals surface area contributed by atoms with E-state index in [4.69, 9.17) is 5.73 Å². The average molecular weight is 745 g/mol. The van der Waals surface area contributed by atoms with Gasteiger partial charge in [0.25, 0.3) is 0 Å². The van der Waals surface area contributed by atoms with Crippen LogP contribution in [-0.4, -0.2) is 112 Å². The number of Topliss-reactive ketones (excluding diaryl/α,β-unsaturated/α-hetero) is 1. The predicted molar refractivity (Wildman–Crippen MR) is 202 cm³/mol. The first-order valence-electron chi connectivity index (χ1n) is 18.7. The molecule has 0 radical (unpaired) electrons. The molecule has 15 nitrogen and oxygen atoms in total. The van der Waals surface area contributed by atoms with E-state index < -0.39 is 77.7 Å². The molecular weight excluding hydrogens is 692 g/mol. The van der Waals surface area contributed by atoms with Crippen molar-refractivity contribution in [1.29, 1.82) is 0 Å². The number of H-pyrrole nitrogens is 1. The molecule has 0 aliphatic carbocycles. The van der Waals surface area contributed by atoms with Crippen molar-refractivity contribution >= 4 is 46.2 Å². The second-order valence-corrected chi connectivity index (χ2v) is 14.2. The molecule has 3 heterocycles. The van der Waals surface area contributed by atoms with E-state index in [9.17, 15) is 33.9 Å². The molecule has 0 saturated carbocycles. The first kappa shape index (κ1) is 40.1. The van der Waals surface area contributed by atoms with Gasteiger partial charge in [-0.05, 0) is 69.7 Å². The third-order valence-corrected chi connectivity index (χ3v) is 10.1. The highest BCUT2D eigenvalue weighted by atomic mass is 16.3. The Kier molecular flexibility index (Phi) is 13.9. The highest BCUT2D eigenvalue weighted by molar-refractivity contribution is 5.98. The summed E-state index contributed by atoms with van der Waals surface area (Å²) in [7, 11) is 0. The Labute approximate surface area is 314 Å². The summed E-state index contributed by atoms with van der Waals surface area (Å²) >= 11 is 0. The van der Waals surface area contributed by atoms with Gasteiger partial charge >= 0.3 is 0 Å². The van der Waals surface area contributed by atoms with Gasteiger partial charge < -0.3 is 42.0 Å². The number of fused-ring (bicyclic) bond motifs is 2. The number of carbonyl (C=O) groups excluding carboxylic acids is 6. The number of hydrogen-bond acceptors (Lipinski definition) is 9. The van der Waals surface area contributed by atoms with Gasteiger partial charge in [0.15, 0.2) is 5.78 Å². The second-order valence-electron chi connectivity index (χ2n) is 14.2. The number of nitrogens with one attached hydrogen (secondary N) is 6. The van der Waals surface area contributed by atoms with Crippen LogP contribution in [-0.2, 0) is 41.6 Å². The zero-order chi connectivity index (χ0) is 38.8. The van der Waals surface area contributed by atoms with Gasteiger partial charge in [0.1, 0.15) is 30.2 Å². The molecule has 7 atom stereocenters. The van der Waals surface area contributed by atoms with Crippen molar-refractivity contribution in [3.05, 3.63) is 71.9 Å².